The average molecular weight is 294 g/mol. The first-order valence-electron chi connectivity index (χ1n) is 6.22. The Morgan fingerprint density at radius 2 is 2.14 bits per heavy atom. The summed E-state index contributed by atoms with van der Waals surface area (Å²) in [5, 5.41) is 36.5. The van der Waals surface area contributed by atoms with Crippen LogP contribution in [0.15, 0.2) is 18.7 Å². The highest BCUT2D eigenvalue weighted by molar-refractivity contribution is 5.68. The van der Waals surface area contributed by atoms with Crippen LogP contribution in [0.2, 0.25) is 0 Å². The van der Waals surface area contributed by atoms with Crippen molar-refractivity contribution in [1.29, 1.82) is 0 Å². The number of nitrogen functional groups attached to an aromatic ring is 1. The molecule has 1 fully saturated rings. The van der Waals surface area contributed by atoms with E-state index in [1.807, 2.05) is 0 Å². The molecule has 112 valence electrons. The summed E-state index contributed by atoms with van der Waals surface area (Å²) in [6.45, 7) is -0.407. The Bertz CT molecular complexity index is 635. The molecule has 0 aromatic carbocycles. The SMILES string of the molecule is Nc1ncncc1-c1cn([C@@H]2O[C@H](CO)[C@@H](O)[C@H]2O)nn1. The van der Waals surface area contributed by atoms with Crippen LogP contribution in [0, 0.1) is 0 Å². The van der Waals surface area contributed by atoms with E-state index in [1.54, 1.807) is 0 Å². The van der Waals surface area contributed by atoms with Crippen molar-refractivity contribution in [3.05, 3.63) is 18.7 Å². The first-order chi connectivity index (χ1) is 10.1. The van der Waals surface area contributed by atoms with Gasteiger partial charge in [0.1, 0.15) is 36.2 Å². The van der Waals surface area contributed by atoms with E-state index in [4.69, 9.17) is 15.6 Å². The average Bonchev–Trinajstić information content (AvgIpc) is 3.06. The van der Waals surface area contributed by atoms with Gasteiger partial charge in [0.05, 0.1) is 18.4 Å². The number of anilines is 1. The summed E-state index contributed by atoms with van der Waals surface area (Å²) >= 11 is 0. The fraction of sp³-hybridized carbons (Fsp3) is 0.455. The van der Waals surface area contributed by atoms with Crippen molar-refractivity contribution >= 4 is 5.82 Å². The largest absolute Gasteiger partial charge is 0.394 e. The fourth-order valence-electron chi connectivity index (χ4n) is 2.16. The van der Waals surface area contributed by atoms with Crippen molar-refractivity contribution in [3.8, 4) is 11.3 Å². The van der Waals surface area contributed by atoms with E-state index in [9.17, 15) is 10.2 Å². The molecule has 1 aliphatic heterocycles. The number of hydrogen-bond donors (Lipinski definition) is 4. The number of hydrogen-bond acceptors (Lipinski definition) is 9. The van der Waals surface area contributed by atoms with Crippen molar-refractivity contribution in [2.75, 3.05) is 12.3 Å². The van der Waals surface area contributed by atoms with Gasteiger partial charge >= 0.3 is 0 Å². The third-order valence-electron chi connectivity index (χ3n) is 3.31. The normalized spacial score (nSPS) is 28.9. The summed E-state index contributed by atoms with van der Waals surface area (Å²) in [4.78, 5) is 7.71. The maximum Gasteiger partial charge on any atom is 0.180 e. The Labute approximate surface area is 118 Å². The summed E-state index contributed by atoms with van der Waals surface area (Å²) in [5.41, 5.74) is 6.63. The topological polar surface area (TPSA) is 152 Å². The molecule has 10 heteroatoms. The molecule has 2 aromatic rings. The summed E-state index contributed by atoms with van der Waals surface area (Å²) in [7, 11) is 0. The van der Waals surface area contributed by atoms with Gasteiger partial charge in [0.2, 0.25) is 0 Å². The molecule has 0 aliphatic carbocycles. The highest BCUT2D eigenvalue weighted by Crippen LogP contribution is 2.30. The minimum atomic E-state index is -1.22. The molecule has 5 N–H and O–H groups in total. The quantitative estimate of drug-likeness (QED) is 0.500. The zero-order valence-corrected chi connectivity index (χ0v) is 10.8. The number of rotatable bonds is 3. The second-order valence-electron chi connectivity index (χ2n) is 4.63. The number of nitrogens with zero attached hydrogens (tertiary/aromatic N) is 5. The van der Waals surface area contributed by atoms with Gasteiger partial charge in [0.15, 0.2) is 6.23 Å². The number of aromatic nitrogens is 5. The van der Waals surface area contributed by atoms with E-state index in [1.165, 1.54) is 23.4 Å². The summed E-state index contributed by atoms with van der Waals surface area (Å²) in [6.07, 6.45) is 0.0736. The smallest absolute Gasteiger partial charge is 0.180 e. The van der Waals surface area contributed by atoms with Crippen LogP contribution in [0.5, 0.6) is 0 Å². The fourth-order valence-corrected chi connectivity index (χ4v) is 2.16. The zero-order chi connectivity index (χ0) is 15.0. The van der Waals surface area contributed by atoms with Crippen LogP contribution in [0.4, 0.5) is 5.82 Å². The van der Waals surface area contributed by atoms with Gasteiger partial charge in [-0.25, -0.2) is 14.6 Å². The summed E-state index contributed by atoms with van der Waals surface area (Å²) in [6, 6.07) is 0. The maximum absolute atomic E-state index is 9.92. The van der Waals surface area contributed by atoms with Crippen molar-refractivity contribution in [2.24, 2.45) is 0 Å². The van der Waals surface area contributed by atoms with Crippen molar-refractivity contribution in [2.45, 2.75) is 24.5 Å². The van der Waals surface area contributed by atoms with Gasteiger partial charge < -0.3 is 25.8 Å². The molecule has 3 heterocycles. The molecule has 1 saturated heterocycles. The van der Waals surface area contributed by atoms with Gasteiger partial charge in [-0.15, -0.1) is 5.10 Å². The molecular weight excluding hydrogens is 280 g/mol. The van der Waals surface area contributed by atoms with Crippen LogP contribution in [-0.2, 0) is 4.74 Å². The van der Waals surface area contributed by atoms with Gasteiger partial charge in [0.25, 0.3) is 0 Å². The maximum atomic E-state index is 9.92. The van der Waals surface area contributed by atoms with E-state index >= 15 is 0 Å². The number of aliphatic hydroxyl groups excluding tert-OH is 3. The number of ether oxygens (including phenoxy) is 1. The summed E-state index contributed by atoms with van der Waals surface area (Å²) in [5.74, 6) is 0.248. The van der Waals surface area contributed by atoms with Crippen LogP contribution in [0.25, 0.3) is 11.3 Å². The molecule has 0 bridgehead atoms. The summed E-state index contributed by atoms with van der Waals surface area (Å²) < 4.78 is 6.60. The molecule has 0 saturated carbocycles. The Morgan fingerprint density at radius 3 is 2.81 bits per heavy atom. The molecule has 0 unspecified atom stereocenters. The Balaban J connectivity index is 1.88. The lowest BCUT2D eigenvalue weighted by Gasteiger charge is -2.13. The van der Waals surface area contributed by atoms with E-state index in [2.05, 4.69) is 20.3 Å². The van der Waals surface area contributed by atoms with Gasteiger partial charge in [0, 0.05) is 6.20 Å². The minimum Gasteiger partial charge on any atom is -0.394 e. The monoisotopic (exact) mass is 294 g/mol. The van der Waals surface area contributed by atoms with Gasteiger partial charge in [-0.2, -0.15) is 0 Å². The van der Waals surface area contributed by atoms with Crippen LogP contribution in [-0.4, -0.2) is 65.2 Å². The third-order valence-corrected chi connectivity index (χ3v) is 3.31. The van der Waals surface area contributed by atoms with Gasteiger partial charge in [-0.1, -0.05) is 5.21 Å². The molecule has 21 heavy (non-hydrogen) atoms. The lowest BCUT2D eigenvalue weighted by Crippen LogP contribution is -2.33. The van der Waals surface area contributed by atoms with E-state index in [0.29, 0.717) is 11.3 Å². The molecule has 10 nitrogen and oxygen atoms in total. The molecular formula is C11H14N6O4. The Morgan fingerprint density at radius 1 is 1.33 bits per heavy atom. The van der Waals surface area contributed by atoms with E-state index in [-0.39, 0.29) is 5.82 Å². The predicted molar refractivity (Wildman–Crippen MR) is 68.5 cm³/mol. The minimum absolute atomic E-state index is 0.248. The van der Waals surface area contributed by atoms with Gasteiger partial charge in [-0.05, 0) is 0 Å². The number of aliphatic hydroxyl groups is 3. The van der Waals surface area contributed by atoms with Crippen LogP contribution in [0.1, 0.15) is 6.23 Å². The van der Waals surface area contributed by atoms with Crippen LogP contribution < -0.4 is 5.73 Å². The lowest BCUT2D eigenvalue weighted by atomic mass is 10.1. The molecule has 0 amide bonds. The first-order valence-corrected chi connectivity index (χ1v) is 6.22. The second-order valence-corrected chi connectivity index (χ2v) is 4.63. The molecule has 2 aromatic heterocycles. The van der Waals surface area contributed by atoms with E-state index < -0.39 is 31.1 Å². The third kappa shape index (κ3) is 2.34. The Kier molecular flexibility index (Phi) is 3.51. The van der Waals surface area contributed by atoms with Crippen molar-refractivity contribution in [3.63, 3.8) is 0 Å². The molecule has 3 rings (SSSR count). The van der Waals surface area contributed by atoms with Gasteiger partial charge in [-0.3, -0.25) is 0 Å². The van der Waals surface area contributed by atoms with Crippen molar-refractivity contribution in [1.82, 2.24) is 25.0 Å². The predicted octanol–water partition coefficient (Wildman–Crippen LogP) is -2.07. The molecule has 0 radical (unpaired) electrons. The van der Waals surface area contributed by atoms with E-state index in [0.717, 1.165) is 0 Å². The van der Waals surface area contributed by atoms with Crippen LogP contribution in [0.3, 0.4) is 0 Å². The Hall–Kier alpha value is -2.14. The zero-order valence-electron chi connectivity index (χ0n) is 10.8. The standard InChI is InChI=1S/C11H14N6O4/c12-10-5(1-13-4-14-10)6-2-17(16-15-6)11-9(20)8(19)7(3-18)21-11/h1-2,4,7-9,11,18-20H,3H2,(H2,12,13,14)/t7-,8-,9-,11-/m1/s1. The number of nitrogens with two attached hydrogens (primary N) is 1. The highest BCUT2D eigenvalue weighted by atomic mass is 16.6. The molecule has 1 aliphatic rings. The lowest BCUT2D eigenvalue weighted by molar-refractivity contribution is -0.0593. The molecule has 4 atom stereocenters. The second kappa shape index (κ2) is 5.33. The molecule has 0 spiro atoms. The van der Waals surface area contributed by atoms with Crippen molar-refractivity contribution < 1.29 is 20.1 Å². The van der Waals surface area contributed by atoms with Crippen LogP contribution >= 0.6 is 0 Å². The highest BCUT2D eigenvalue weighted by Gasteiger charge is 2.43. The first kappa shape index (κ1) is 13.8.